The number of hydrogen-bond donors (Lipinski definition) is 0. The van der Waals surface area contributed by atoms with Crippen LogP contribution in [0.15, 0.2) is 0 Å². The van der Waals surface area contributed by atoms with Crippen LogP contribution in [-0.4, -0.2) is 46.2 Å². The summed E-state index contributed by atoms with van der Waals surface area (Å²) in [6.07, 6.45) is 4.18. The van der Waals surface area contributed by atoms with Crippen LogP contribution in [0.4, 0.5) is 5.82 Å². The van der Waals surface area contributed by atoms with E-state index >= 15 is 0 Å². The topological polar surface area (TPSA) is 73.1 Å². The minimum atomic E-state index is 0.144. The number of rotatable bonds is 2. The largest absolute Gasteiger partial charge is 0.349 e. The molecule has 2 saturated heterocycles. The highest BCUT2D eigenvalue weighted by atomic mass is 16.2. The highest BCUT2D eigenvalue weighted by Gasteiger charge is 2.40. The number of carbonyl (C=O) groups excluding carboxylic acids is 1. The van der Waals surface area contributed by atoms with Crippen LogP contribution in [0.5, 0.6) is 0 Å². The number of hydrogen-bond acceptors (Lipinski definition) is 5. The molecule has 23 heavy (non-hydrogen) atoms. The Morgan fingerprint density at radius 3 is 2.57 bits per heavy atom. The molecule has 6 heteroatoms. The quantitative estimate of drug-likeness (QED) is 0.834. The third-order valence-corrected chi connectivity index (χ3v) is 5.27. The van der Waals surface area contributed by atoms with Gasteiger partial charge in [0.05, 0.1) is 17.8 Å². The van der Waals surface area contributed by atoms with Crippen molar-refractivity contribution in [1.82, 2.24) is 15.1 Å². The number of aromatic nitrogens is 2. The van der Waals surface area contributed by atoms with Crippen LogP contribution < -0.4 is 4.90 Å². The van der Waals surface area contributed by atoms with Gasteiger partial charge >= 0.3 is 0 Å². The van der Waals surface area contributed by atoms with E-state index in [-0.39, 0.29) is 18.0 Å². The molecule has 3 heterocycles. The van der Waals surface area contributed by atoms with E-state index in [0.717, 1.165) is 50.0 Å². The van der Waals surface area contributed by atoms with Gasteiger partial charge in [-0.3, -0.25) is 4.79 Å². The number of amides is 1. The summed E-state index contributed by atoms with van der Waals surface area (Å²) in [6.45, 7) is 7.17. The first-order valence-corrected chi connectivity index (χ1v) is 8.32. The molecule has 1 aromatic rings. The van der Waals surface area contributed by atoms with Gasteiger partial charge in [-0.15, -0.1) is 5.10 Å². The molecule has 0 aliphatic carbocycles. The van der Waals surface area contributed by atoms with E-state index in [0.29, 0.717) is 11.4 Å². The molecule has 0 saturated carbocycles. The van der Waals surface area contributed by atoms with Gasteiger partial charge in [0.1, 0.15) is 11.6 Å². The first-order chi connectivity index (χ1) is 11.0. The van der Waals surface area contributed by atoms with Crippen molar-refractivity contribution in [3.63, 3.8) is 0 Å². The summed E-state index contributed by atoms with van der Waals surface area (Å²) >= 11 is 0. The monoisotopic (exact) mass is 313 g/mol. The molecule has 0 aromatic carbocycles. The predicted octanol–water partition coefficient (Wildman–Crippen LogP) is 1.94. The summed E-state index contributed by atoms with van der Waals surface area (Å²) in [6, 6.07) is 2.77. The van der Waals surface area contributed by atoms with Gasteiger partial charge in [-0.1, -0.05) is 0 Å². The molecule has 2 aliphatic rings. The lowest BCUT2D eigenvalue weighted by molar-refractivity contribution is -0.129. The molecule has 0 unspecified atom stereocenters. The molecule has 3 rings (SSSR count). The summed E-state index contributed by atoms with van der Waals surface area (Å²) < 4.78 is 0. The molecule has 2 aliphatic heterocycles. The summed E-state index contributed by atoms with van der Waals surface area (Å²) in [5, 5.41) is 18.1. The summed E-state index contributed by atoms with van der Waals surface area (Å²) in [5.41, 5.74) is 2.32. The minimum Gasteiger partial charge on any atom is -0.349 e. The van der Waals surface area contributed by atoms with E-state index < -0.39 is 0 Å². The first-order valence-electron chi connectivity index (χ1n) is 8.32. The summed E-state index contributed by atoms with van der Waals surface area (Å²) in [7, 11) is 0. The molecule has 6 nitrogen and oxygen atoms in total. The molecule has 2 atom stereocenters. The van der Waals surface area contributed by atoms with E-state index in [1.165, 1.54) is 0 Å². The second-order valence-electron chi connectivity index (χ2n) is 6.55. The molecule has 0 radical (unpaired) electrons. The molecular formula is C17H23N5O. The number of nitriles is 1. The van der Waals surface area contributed by atoms with Crippen molar-refractivity contribution >= 4 is 11.7 Å². The van der Waals surface area contributed by atoms with Crippen molar-refractivity contribution in [2.24, 2.45) is 0 Å². The van der Waals surface area contributed by atoms with E-state index in [4.69, 9.17) is 0 Å². The van der Waals surface area contributed by atoms with Gasteiger partial charge in [0.25, 0.3) is 0 Å². The molecule has 0 spiro atoms. The van der Waals surface area contributed by atoms with Gasteiger partial charge in [0, 0.05) is 20.0 Å². The lowest BCUT2D eigenvalue weighted by atomic mass is 10.0. The lowest BCUT2D eigenvalue weighted by Crippen LogP contribution is -2.48. The average molecular weight is 313 g/mol. The zero-order valence-electron chi connectivity index (χ0n) is 14.0. The predicted molar refractivity (Wildman–Crippen MR) is 87.0 cm³/mol. The molecular weight excluding hydrogens is 290 g/mol. The fourth-order valence-electron chi connectivity index (χ4n) is 3.97. The van der Waals surface area contributed by atoms with Crippen LogP contribution in [0, 0.1) is 25.2 Å². The molecule has 1 aromatic heterocycles. The number of carbonyl (C=O) groups is 1. The number of likely N-dealkylation sites (tertiary alicyclic amines) is 1. The van der Waals surface area contributed by atoms with E-state index in [1.54, 1.807) is 6.92 Å². The van der Waals surface area contributed by atoms with Crippen LogP contribution in [-0.2, 0) is 4.79 Å². The van der Waals surface area contributed by atoms with Gasteiger partial charge in [-0.25, -0.2) is 0 Å². The maximum Gasteiger partial charge on any atom is 0.219 e. The Hall–Kier alpha value is -2.16. The van der Waals surface area contributed by atoms with Crippen LogP contribution in [0.1, 0.15) is 49.4 Å². The first kappa shape index (κ1) is 15.7. The number of aryl methyl sites for hydroxylation is 1. The Morgan fingerprint density at radius 1 is 1.17 bits per heavy atom. The molecule has 122 valence electrons. The maximum atomic E-state index is 11.9. The SMILES string of the molecule is CC(=O)N1CCC[C@@H]1[C@@H]1CCCN1c1nnc(C)c(C)c1C#N. The Morgan fingerprint density at radius 2 is 1.87 bits per heavy atom. The van der Waals surface area contributed by atoms with Crippen LogP contribution in [0.3, 0.4) is 0 Å². The summed E-state index contributed by atoms with van der Waals surface area (Å²) in [5.74, 6) is 0.833. The second-order valence-corrected chi connectivity index (χ2v) is 6.55. The van der Waals surface area contributed by atoms with E-state index in [2.05, 4.69) is 21.2 Å². The van der Waals surface area contributed by atoms with Gasteiger partial charge in [0.15, 0.2) is 5.82 Å². The van der Waals surface area contributed by atoms with Crippen LogP contribution in [0.25, 0.3) is 0 Å². The second kappa shape index (κ2) is 6.15. The Kier molecular flexibility index (Phi) is 4.20. The molecule has 0 bridgehead atoms. The van der Waals surface area contributed by atoms with Crippen molar-refractivity contribution in [3.05, 3.63) is 16.8 Å². The van der Waals surface area contributed by atoms with Crippen LogP contribution in [0.2, 0.25) is 0 Å². The van der Waals surface area contributed by atoms with Gasteiger partial charge < -0.3 is 9.80 Å². The van der Waals surface area contributed by atoms with Gasteiger partial charge in [-0.05, 0) is 45.1 Å². The minimum absolute atomic E-state index is 0.144. The fraction of sp³-hybridized carbons (Fsp3) is 0.647. The highest BCUT2D eigenvalue weighted by Crippen LogP contribution is 2.34. The third kappa shape index (κ3) is 2.65. The number of anilines is 1. The maximum absolute atomic E-state index is 11.9. The molecule has 2 fully saturated rings. The van der Waals surface area contributed by atoms with E-state index in [9.17, 15) is 10.1 Å². The molecule has 0 N–H and O–H groups in total. The average Bonchev–Trinajstić information content (AvgIpc) is 3.17. The zero-order valence-corrected chi connectivity index (χ0v) is 14.0. The van der Waals surface area contributed by atoms with Crippen LogP contribution >= 0.6 is 0 Å². The van der Waals surface area contributed by atoms with Crippen molar-refractivity contribution in [2.45, 2.75) is 58.5 Å². The third-order valence-electron chi connectivity index (χ3n) is 5.27. The molecule has 1 amide bonds. The normalized spacial score (nSPS) is 24.1. The standard InChI is InChI=1S/C17H23N5O/c1-11-12(2)19-20-17(14(11)10-18)22-9-5-7-16(22)15-6-4-8-21(15)13(3)23/h15-16H,4-9H2,1-3H3/t15-,16+/m1/s1. The Balaban J connectivity index is 1.96. The smallest absolute Gasteiger partial charge is 0.219 e. The van der Waals surface area contributed by atoms with Gasteiger partial charge in [0.2, 0.25) is 5.91 Å². The van der Waals surface area contributed by atoms with Crippen molar-refractivity contribution in [2.75, 3.05) is 18.0 Å². The lowest BCUT2D eigenvalue weighted by Gasteiger charge is -2.35. The highest BCUT2D eigenvalue weighted by molar-refractivity contribution is 5.74. The van der Waals surface area contributed by atoms with E-state index in [1.807, 2.05) is 18.7 Å². The van der Waals surface area contributed by atoms with Gasteiger partial charge in [-0.2, -0.15) is 10.4 Å². The summed E-state index contributed by atoms with van der Waals surface area (Å²) in [4.78, 5) is 16.1. The van der Waals surface area contributed by atoms with Crippen molar-refractivity contribution < 1.29 is 4.79 Å². The van der Waals surface area contributed by atoms with Crippen molar-refractivity contribution in [3.8, 4) is 6.07 Å². The number of nitrogens with zero attached hydrogens (tertiary/aromatic N) is 5. The Bertz CT molecular complexity index is 666. The van der Waals surface area contributed by atoms with Crippen molar-refractivity contribution in [1.29, 1.82) is 5.26 Å². The zero-order chi connectivity index (χ0) is 16.6. The Labute approximate surface area is 137 Å². The fourth-order valence-corrected chi connectivity index (χ4v) is 3.97.